The predicted octanol–water partition coefficient (Wildman–Crippen LogP) is 5.18. The molecule has 0 atom stereocenters. The maximum absolute atomic E-state index is 13.5. The summed E-state index contributed by atoms with van der Waals surface area (Å²) in [5.41, 5.74) is -1.95. The standard InChI is InChI=1S/C12H5ClF7N/c13-7-5-9(21-8-4-2-1-3-6(7)8)10(14,15)11(16,17)12(18,19)20/h1-5H. The third-order valence-corrected chi connectivity index (χ3v) is 3.05. The van der Waals surface area contributed by atoms with Crippen LogP contribution in [-0.4, -0.2) is 17.1 Å². The highest BCUT2D eigenvalue weighted by atomic mass is 35.5. The Bertz CT molecular complexity index is 681. The normalized spacial score (nSPS) is 13.7. The highest BCUT2D eigenvalue weighted by Crippen LogP contribution is 2.51. The fourth-order valence-electron chi connectivity index (χ4n) is 1.63. The van der Waals surface area contributed by atoms with E-state index in [-0.39, 0.29) is 10.9 Å². The Morgan fingerprint density at radius 3 is 2.05 bits per heavy atom. The summed E-state index contributed by atoms with van der Waals surface area (Å²) in [5.74, 6) is -11.8. The molecule has 1 heterocycles. The summed E-state index contributed by atoms with van der Waals surface area (Å²) < 4.78 is 89.4. The van der Waals surface area contributed by atoms with Gasteiger partial charge in [0, 0.05) is 5.39 Å². The molecule has 0 radical (unpaired) electrons. The Hall–Kier alpha value is -1.57. The zero-order valence-corrected chi connectivity index (χ0v) is 10.6. The van der Waals surface area contributed by atoms with E-state index in [1.807, 2.05) is 0 Å². The topological polar surface area (TPSA) is 12.9 Å². The minimum atomic E-state index is -6.42. The van der Waals surface area contributed by atoms with Gasteiger partial charge in [-0.1, -0.05) is 29.8 Å². The molecule has 0 bridgehead atoms. The number of aromatic nitrogens is 1. The molecule has 1 aromatic heterocycles. The van der Waals surface area contributed by atoms with Gasteiger partial charge in [0.15, 0.2) is 0 Å². The molecule has 0 amide bonds. The van der Waals surface area contributed by atoms with E-state index in [0.717, 1.165) is 0 Å². The molecule has 0 N–H and O–H groups in total. The minimum Gasteiger partial charge on any atom is -0.246 e. The molecule has 0 aliphatic carbocycles. The van der Waals surface area contributed by atoms with E-state index < -0.39 is 28.7 Å². The van der Waals surface area contributed by atoms with Crippen LogP contribution in [0.4, 0.5) is 30.7 Å². The van der Waals surface area contributed by atoms with Gasteiger partial charge in [-0.15, -0.1) is 0 Å². The highest BCUT2D eigenvalue weighted by Gasteiger charge is 2.74. The maximum atomic E-state index is 13.5. The third kappa shape index (κ3) is 2.41. The zero-order valence-electron chi connectivity index (χ0n) is 9.86. The van der Waals surface area contributed by atoms with Crippen molar-refractivity contribution in [3.63, 3.8) is 0 Å². The molecular weight excluding hydrogens is 327 g/mol. The molecule has 1 nitrogen and oxygen atoms in total. The minimum absolute atomic E-state index is 0.161. The van der Waals surface area contributed by atoms with Crippen molar-refractivity contribution in [2.45, 2.75) is 18.0 Å². The Kier molecular flexibility index (Phi) is 3.56. The van der Waals surface area contributed by atoms with Crippen LogP contribution in [-0.2, 0) is 5.92 Å². The fraction of sp³-hybridized carbons (Fsp3) is 0.250. The molecule has 1 aromatic carbocycles. The molecule has 0 fully saturated rings. The number of rotatable bonds is 2. The van der Waals surface area contributed by atoms with Gasteiger partial charge < -0.3 is 0 Å². The van der Waals surface area contributed by atoms with E-state index >= 15 is 0 Å². The van der Waals surface area contributed by atoms with Gasteiger partial charge in [-0.25, -0.2) is 4.98 Å². The van der Waals surface area contributed by atoms with Crippen LogP contribution in [0.2, 0.25) is 5.02 Å². The summed E-state index contributed by atoms with van der Waals surface area (Å²) in [6.45, 7) is 0. The van der Waals surface area contributed by atoms with Crippen molar-refractivity contribution in [3.8, 4) is 0 Å². The van der Waals surface area contributed by atoms with Crippen LogP contribution >= 0.6 is 11.6 Å². The average molecular weight is 332 g/mol. The zero-order chi connectivity index (χ0) is 16.1. The van der Waals surface area contributed by atoms with Gasteiger partial charge >= 0.3 is 18.0 Å². The number of nitrogens with zero attached hydrogens (tertiary/aromatic N) is 1. The van der Waals surface area contributed by atoms with Crippen LogP contribution in [0.1, 0.15) is 5.69 Å². The lowest BCUT2D eigenvalue weighted by molar-refractivity contribution is -0.360. The molecule has 9 heteroatoms. The van der Waals surface area contributed by atoms with Gasteiger partial charge in [-0.3, -0.25) is 0 Å². The first-order chi connectivity index (χ1) is 9.48. The van der Waals surface area contributed by atoms with Crippen molar-refractivity contribution < 1.29 is 30.7 Å². The first-order valence-electron chi connectivity index (χ1n) is 5.36. The third-order valence-electron chi connectivity index (χ3n) is 2.74. The smallest absolute Gasteiger partial charge is 0.246 e. The van der Waals surface area contributed by atoms with Crippen LogP contribution in [0.25, 0.3) is 10.9 Å². The molecule has 0 saturated heterocycles. The van der Waals surface area contributed by atoms with Gasteiger partial charge in [0.05, 0.1) is 10.5 Å². The Morgan fingerprint density at radius 2 is 1.48 bits per heavy atom. The van der Waals surface area contributed by atoms with Gasteiger partial charge in [0.25, 0.3) is 0 Å². The van der Waals surface area contributed by atoms with Crippen LogP contribution < -0.4 is 0 Å². The summed E-state index contributed by atoms with van der Waals surface area (Å²) >= 11 is 5.63. The molecule has 0 saturated carbocycles. The van der Waals surface area contributed by atoms with Crippen LogP contribution in [0.15, 0.2) is 30.3 Å². The second-order valence-electron chi connectivity index (χ2n) is 4.15. The number of fused-ring (bicyclic) bond motifs is 1. The molecule has 0 aliphatic rings. The SMILES string of the molecule is FC(F)(F)C(F)(F)C(F)(F)c1cc(Cl)c2ccccc2n1. The number of alkyl halides is 7. The van der Waals surface area contributed by atoms with Gasteiger partial charge in [-0.2, -0.15) is 30.7 Å². The monoisotopic (exact) mass is 331 g/mol. The number of halogens is 8. The van der Waals surface area contributed by atoms with Crippen LogP contribution in [0.3, 0.4) is 0 Å². The van der Waals surface area contributed by atoms with Crippen molar-refractivity contribution in [1.82, 2.24) is 4.98 Å². The Morgan fingerprint density at radius 1 is 0.905 bits per heavy atom. The van der Waals surface area contributed by atoms with Gasteiger partial charge in [0.1, 0.15) is 5.69 Å². The van der Waals surface area contributed by atoms with Crippen molar-refractivity contribution in [2.24, 2.45) is 0 Å². The number of benzene rings is 1. The lowest BCUT2D eigenvalue weighted by Crippen LogP contribution is -2.50. The maximum Gasteiger partial charge on any atom is 0.460 e. The molecule has 0 aliphatic heterocycles. The lowest BCUT2D eigenvalue weighted by atomic mass is 10.1. The first kappa shape index (κ1) is 15.8. The number of hydrogen-bond donors (Lipinski definition) is 0. The molecular formula is C12H5ClF7N. The average Bonchev–Trinajstić information content (AvgIpc) is 2.37. The van der Waals surface area contributed by atoms with E-state index in [1.165, 1.54) is 24.3 Å². The van der Waals surface area contributed by atoms with Crippen LogP contribution in [0.5, 0.6) is 0 Å². The Labute approximate surface area is 118 Å². The molecule has 21 heavy (non-hydrogen) atoms. The van der Waals surface area contributed by atoms with Crippen molar-refractivity contribution in [2.75, 3.05) is 0 Å². The van der Waals surface area contributed by atoms with E-state index in [9.17, 15) is 30.7 Å². The molecule has 0 unspecified atom stereocenters. The summed E-state index contributed by atoms with van der Waals surface area (Å²) in [4.78, 5) is 3.17. The van der Waals surface area contributed by atoms with E-state index in [1.54, 1.807) is 0 Å². The van der Waals surface area contributed by atoms with E-state index in [2.05, 4.69) is 4.98 Å². The molecule has 2 rings (SSSR count). The summed E-state index contributed by atoms with van der Waals surface area (Å²) in [6, 6.07) is 5.69. The predicted molar refractivity (Wildman–Crippen MR) is 61.6 cm³/mol. The number of hydrogen-bond acceptors (Lipinski definition) is 1. The fourth-order valence-corrected chi connectivity index (χ4v) is 1.90. The van der Waals surface area contributed by atoms with E-state index in [0.29, 0.717) is 6.07 Å². The molecule has 0 spiro atoms. The number of pyridine rings is 1. The first-order valence-corrected chi connectivity index (χ1v) is 5.74. The van der Waals surface area contributed by atoms with Crippen molar-refractivity contribution >= 4 is 22.5 Å². The van der Waals surface area contributed by atoms with Gasteiger partial charge in [0.2, 0.25) is 0 Å². The lowest BCUT2D eigenvalue weighted by Gasteiger charge is -2.27. The summed E-state index contributed by atoms with van der Waals surface area (Å²) in [5, 5.41) is -0.234. The van der Waals surface area contributed by atoms with Crippen molar-refractivity contribution in [1.29, 1.82) is 0 Å². The molecule has 2 aromatic rings. The largest absolute Gasteiger partial charge is 0.460 e. The summed E-state index contributed by atoms with van der Waals surface area (Å²) in [6.07, 6.45) is -6.42. The van der Waals surface area contributed by atoms with Crippen molar-refractivity contribution in [3.05, 3.63) is 41.0 Å². The van der Waals surface area contributed by atoms with Gasteiger partial charge in [-0.05, 0) is 12.1 Å². The number of para-hydroxylation sites is 1. The molecule has 114 valence electrons. The van der Waals surface area contributed by atoms with E-state index in [4.69, 9.17) is 11.6 Å². The second kappa shape index (κ2) is 4.72. The summed E-state index contributed by atoms with van der Waals surface area (Å²) in [7, 11) is 0. The quantitative estimate of drug-likeness (QED) is 0.691. The van der Waals surface area contributed by atoms with Crippen LogP contribution in [0, 0.1) is 0 Å². The highest BCUT2D eigenvalue weighted by molar-refractivity contribution is 6.35. The Balaban J connectivity index is 2.65. The second-order valence-corrected chi connectivity index (χ2v) is 4.56.